The summed E-state index contributed by atoms with van der Waals surface area (Å²) < 4.78 is 2.17. The third kappa shape index (κ3) is 3.36. The molecular weight excluding hydrogens is 318 g/mol. The molecule has 0 saturated heterocycles. The van der Waals surface area contributed by atoms with Crippen LogP contribution in [0.15, 0.2) is 29.4 Å². The van der Waals surface area contributed by atoms with E-state index in [4.69, 9.17) is 11.6 Å². The van der Waals surface area contributed by atoms with Crippen LogP contribution in [-0.2, 0) is 13.0 Å². The number of aryl methyl sites for hydroxylation is 1. The molecule has 0 amide bonds. The zero-order chi connectivity index (χ0) is 15.5. The molecule has 6 heteroatoms. The van der Waals surface area contributed by atoms with E-state index in [1.807, 2.05) is 6.92 Å². The highest BCUT2D eigenvalue weighted by Crippen LogP contribution is 2.27. The first-order valence-electron chi connectivity index (χ1n) is 7.53. The maximum Gasteiger partial charge on any atom is 0.191 e. The van der Waals surface area contributed by atoms with Gasteiger partial charge in [0.2, 0.25) is 0 Å². The Hall–Kier alpha value is -1.33. The Morgan fingerprint density at radius 1 is 1.32 bits per heavy atom. The molecule has 0 fully saturated rings. The fourth-order valence-electron chi connectivity index (χ4n) is 2.63. The normalized spacial score (nSPS) is 15.9. The minimum absolute atomic E-state index is 0.0680. The molecule has 0 saturated carbocycles. The van der Waals surface area contributed by atoms with Gasteiger partial charge in [-0.05, 0) is 31.9 Å². The minimum atomic E-state index is -0.213. The molecule has 0 unspecified atom stereocenters. The number of rotatable bonds is 4. The third-order valence-corrected chi connectivity index (χ3v) is 5.15. The van der Waals surface area contributed by atoms with Crippen molar-refractivity contribution >= 4 is 29.1 Å². The SMILES string of the molecule is C[C@H](Sc1nnc2n1CCCCC2)C(=O)c1cccc(Cl)c1. The van der Waals surface area contributed by atoms with Crippen LogP contribution in [0.1, 0.15) is 42.4 Å². The first-order chi connectivity index (χ1) is 10.6. The maximum absolute atomic E-state index is 12.5. The van der Waals surface area contributed by atoms with Crippen LogP contribution >= 0.6 is 23.4 Å². The van der Waals surface area contributed by atoms with Crippen LogP contribution in [-0.4, -0.2) is 25.8 Å². The van der Waals surface area contributed by atoms with Gasteiger partial charge in [0.1, 0.15) is 5.82 Å². The summed E-state index contributed by atoms with van der Waals surface area (Å²) in [5.41, 5.74) is 0.642. The average molecular weight is 336 g/mol. The number of nitrogens with zero attached hydrogens (tertiary/aromatic N) is 3. The first kappa shape index (κ1) is 15.6. The summed E-state index contributed by atoms with van der Waals surface area (Å²) in [7, 11) is 0. The topological polar surface area (TPSA) is 47.8 Å². The number of Topliss-reactive ketones (excluding diaryl/α,β-unsaturated/α-hetero) is 1. The van der Waals surface area contributed by atoms with E-state index in [2.05, 4.69) is 14.8 Å². The molecule has 22 heavy (non-hydrogen) atoms. The Kier molecular flexibility index (Phi) is 4.84. The van der Waals surface area contributed by atoms with Crippen LogP contribution in [0, 0.1) is 0 Å². The number of fused-ring (bicyclic) bond motifs is 1. The molecule has 116 valence electrons. The van der Waals surface area contributed by atoms with Crippen molar-refractivity contribution in [2.75, 3.05) is 0 Å². The lowest BCUT2D eigenvalue weighted by molar-refractivity contribution is 0.0994. The van der Waals surface area contributed by atoms with Crippen LogP contribution < -0.4 is 0 Å². The number of carbonyl (C=O) groups is 1. The van der Waals surface area contributed by atoms with E-state index in [-0.39, 0.29) is 11.0 Å². The number of halogens is 1. The lowest BCUT2D eigenvalue weighted by Crippen LogP contribution is -2.15. The maximum atomic E-state index is 12.5. The molecule has 1 aliphatic rings. The van der Waals surface area contributed by atoms with Crippen LogP contribution in [0.25, 0.3) is 0 Å². The zero-order valence-corrected chi connectivity index (χ0v) is 14.0. The van der Waals surface area contributed by atoms with E-state index < -0.39 is 0 Å². The van der Waals surface area contributed by atoms with Gasteiger partial charge in [-0.3, -0.25) is 4.79 Å². The highest BCUT2D eigenvalue weighted by Gasteiger charge is 2.22. The largest absolute Gasteiger partial charge is 0.306 e. The molecule has 1 aromatic carbocycles. The number of ketones is 1. The summed E-state index contributed by atoms with van der Waals surface area (Å²) in [5, 5.41) is 9.76. The van der Waals surface area contributed by atoms with Gasteiger partial charge in [-0.2, -0.15) is 0 Å². The van der Waals surface area contributed by atoms with Crippen molar-refractivity contribution < 1.29 is 4.79 Å². The monoisotopic (exact) mass is 335 g/mol. The van der Waals surface area contributed by atoms with Gasteiger partial charge in [0.05, 0.1) is 5.25 Å². The smallest absolute Gasteiger partial charge is 0.191 e. The summed E-state index contributed by atoms with van der Waals surface area (Å²) in [6, 6.07) is 7.09. The van der Waals surface area contributed by atoms with Crippen molar-refractivity contribution in [3.8, 4) is 0 Å². The Morgan fingerprint density at radius 2 is 2.18 bits per heavy atom. The second-order valence-corrected chi connectivity index (χ2v) is 7.24. The van der Waals surface area contributed by atoms with Gasteiger partial charge in [-0.1, -0.05) is 41.9 Å². The predicted octanol–water partition coefficient (Wildman–Crippen LogP) is 4.02. The highest BCUT2D eigenvalue weighted by atomic mass is 35.5. The minimum Gasteiger partial charge on any atom is -0.306 e. The lowest BCUT2D eigenvalue weighted by Gasteiger charge is -2.11. The molecule has 0 aliphatic carbocycles. The number of hydrogen-bond donors (Lipinski definition) is 0. The first-order valence-corrected chi connectivity index (χ1v) is 8.79. The van der Waals surface area contributed by atoms with Gasteiger partial charge in [-0.25, -0.2) is 0 Å². The summed E-state index contributed by atoms with van der Waals surface area (Å²) in [6.07, 6.45) is 4.52. The molecule has 1 aromatic heterocycles. The second-order valence-electron chi connectivity index (χ2n) is 5.50. The van der Waals surface area contributed by atoms with Crippen molar-refractivity contribution in [3.63, 3.8) is 0 Å². The average Bonchev–Trinajstić information content (AvgIpc) is 2.74. The van der Waals surface area contributed by atoms with Crippen molar-refractivity contribution in [1.82, 2.24) is 14.8 Å². The zero-order valence-electron chi connectivity index (χ0n) is 12.5. The van der Waals surface area contributed by atoms with Gasteiger partial charge < -0.3 is 4.57 Å². The number of benzene rings is 1. The third-order valence-electron chi connectivity index (χ3n) is 3.84. The van der Waals surface area contributed by atoms with Crippen LogP contribution in [0.4, 0.5) is 0 Å². The quantitative estimate of drug-likeness (QED) is 0.625. The number of aromatic nitrogens is 3. The molecule has 0 spiro atoms. The van der Waals surface area contributed by atoms with Crippen molar-refractivity contribution in [3.05, 3.63) is 40.7 Å². The number of carbonyl (C=O) groups excluding carboxylic acids is 1. The van der Waals surface area contributed by atoms with Crippen LogP contribution in [0.5, 0.6) is 0 Å². The summed E-state index contributed by atoms with van der Waals surface area (Å²) in [5.74, 6) is 1.11. The standard InChI is InChI=1S/C16H18ClN3OS/c1-11(15(21)12-6-5-7-13(17)10-12)22-16-19-18-14-8-3-2-4-9-20(14)16/h5-7,10-11H,2-4,8-9H2,1H3/t11-/m0/s1. The lowest BCUT2D eigenvalue weighted by atomic mass is 10.1. The van der Waals surface area contributed by atoms with Crippen molar-refractivity contribution in [1.29, 1.82) is 0 Å². The molecule has 3 rings (SSSR count). The van der Waals surface area contributed by atoms with Gasteiger partial charge in [-0.15, -0.1) is 10.2 Å². The Bertz CT molecular complexity index is 686. The Morgan fingerprint density at radius 3 is 3.00 bits per heavy atom. The fourth-order valence-corrected chi connectivity index (χ4v) is 3.80. The van der Waals surface area contributed by atoms with Crippen LogP contribution in [0.2, 0.25) is 5.02 Å². The molecular formula is C16H18ClN3OS. The van der Waals surface area contributed by atoms with E-state index in [0.29, 0.717) is 10.6 Å². The summed E-state index contributed by atoms with van der Waals surface area (Å²) >= 11 is 7.44. The molecule has 0 radical (unpaired) electrons. The highest BCUT2D eigenvalue weighted by molar-refractivity contribution is 8.00. The van der Waals surface area contributed by atoms with E-state index >= 15 is 0 Å². The van der Waals surface area contributed by atoms with E-state index in [9.17, 15) is 4.79 Å². The van der Waals surface area contributed by atoms with Gasteiger partial charge in [0.15, 0.2) is 10.9 Å². The Balaban J connectivity index is 1.75. The number of thioether (sulfide) groups is 1. The molecule has 4 nitrogen and oxygen atoms in total. The van der Waals surface area contributed by atoms with Crippen molar-refractivity contribution in [2.24, 2.45) is 0 Å². The van der Waals surface area contributed by atoms with E-state index in [1.54, 1.807) is 24.3 Å². The molecule has 0 N–H and O–H groups in total. The Labute approximate surface area is 139 Å². The molecule has 0 bridgehead atoms. The fraction of sp³-hybridized carbons (Fsp3) is 0.438. The van der Waals surface area contributed by atoms with E-state index in [0.717, 1.165) is 30.4 Å². The van der Waals surface area contributed by atoms with E-state index in [1.165, 1.54) is 24.6 Å². The predicted molar refractivity (Wildman–Crippen MR) is 88.7 cm³/mol. The molecule has 1 atom stereocenters. The van der Waals surface area contributed by atoms with Gasteiger partial charge in [0, 0.05) is 23.6 Å². The van der Waals surface area contributed by atoms with Crippen molar-refractivity contribution in [2.45, 2.75) is 49.6 Å². The summed E-state index contributed by atoms with van der Waals surface area (Å²) in [6.45, 7) is 2.86. The number of hydrogen-bond acceptors (Lipinski definition) is 4. The molecule has 2 aromatic rings. The molecule has 1 aliphatic heterocycles. The van der Waals surface area contributed by atoms with Gasteiger partial charge >= 0.3 is 0 Å². The van der Waals surface area contributed by atoms with Crippen LogP contribution in [0.3, 0.4) is 0 Å². The second kappa shape index (κ2) is 6.84. The molecule has 2 heterocycles. The summed E-state index contributed by atoms with van der Waals surface area (Å²) in [4.78, 5) is 12.5. The van der Waals surface area contributed by atoms with Gasteiger partial charge in [0.25, 0.3) is 0 Å².